The highest BCUT2D eigenvalue weighted by atomic mass is 32.2. The molecule has 0 N–H and O–H groups in total. The van der Waals surface area contributed by atoms with Crippen molar-refractivity contribution in [2.45, 2.75) is 32.1 Å². The van der Waals surface area contributed by atoms with Crippen molar-refractivity contribution in [2.24, 2.45) is 5.92 Å². The molecule has 0 unspecified atom stereocenters. The molecule has 1 aliphatic rings. The highest BCUT2D eigenvalue weighted by Crippen LogP contribution is 2.31. The Hall–Kier alpha value is -1.60. The van der Waals surface area contributed by atoms with Gasteiger partial charge in [-0.15, -0.1) is 11.8 Å². The molecule has 25 heavy (non-hydrogen) atoms. The van der Waals surface area contributed by atoms with E-state index in [0.717, 1.165) is 31.8 Å². The first-order valence-corrected chi connectivity index (χ1v) is 9.83. The van der Waals surface area contributed by atoms with Gasteiger partial charge in [0.1, 0.15) is 0 Å². The lowest BCUT2D eigenvalue weighted by Gasteiger charge is -2.34. The summed E-state index contributed by atoms with van der Waals surface area (Å²) in [4.78, 5) is 28.4. The van der Waals surface area contributed by atoms with Crippen LogP contribution in [0.5, 0.6) is 0 Å². The summed E-state index contributed by atoms with van der Waals surface area (Å²) in [6.07, 6.45) is 1.00. The van der Waals surface area contributed by atoms with E-state index in [4.69, 9.17) is 0 Å². The number of likely N-dealkylation sites (N-methyl/N-ethyl adjacent to an activating group) is 1. The lowest BCUT2D eigenvalue weighted by atomic mass is 10.1. The molecule has 1 aromatic carbocycles. The van der Waals surface area contributed by atoms with Gasteiger partial charge >= 0.3 is 0 Å². The zero-order valence-corrected chi connectivity index (χ0v) is 16.1. The van der Waals surface area contributed by atoms with Gasteiger partial charge in [-0.2, -0.15) is 0 Å². The number of carbonyl (C=O) groups is 1. The number of rotatable bonds is 7. The molecule has 1 aliphatic heterocycles. The summed E-state index contributed by atoms with van der Waals surface area (Å²) in [6, 6.07) is 4.88. The van der Waals surface area contributed by atoms with Crippen LogP contribution in [0.4, 0.5) is 5.69 Å². The third kappa shape index (κ3) is 5.44. The molecular weight excluding hydrogens is 338 g/mol. The maximum absolute atomic E-state index is 12.7. The van der Waals surface area contributed by atoms with Gasteiger partial charge in [-0.25, -0.2) is 0 Å². The number of thioether (sulfide) groups is 1. The number of carbonyl (C=O) groups excluding carboxylic acids is 1. The predicted molar refractivity (Wildman–Crippen MR) is 101 cm³/mol. The average Bonchev–Trinajstić information content (AvgIpc) is 2.61. The molecule has 0 aromatic heterocycles. The van der Waals surface area contributed by atoms with Crippen LogP contribution < -0.4 is 0 Å². The van der Waals surface area contributed by atoms with E-state index in [0.29, 0.717) is 29.5 Å². The molecule has 0 spiro atoms. The third-order valence-corrected chi connectivity index (χ3v) is 5.56. The Morgan fingerprint density at radius 2 is 1.96 bits per heavy atom. The minimum absolute atomic E-state index is 0.0341. The van der Waals surface area contributed by atoms with Gasteiger partial charge in [0.05, 0.1) is 9.82 Å². The number of nitro groups is 1. The zero-order chi connectivity index (χ0) is 18.4. The Morgan fingerprint density at radius 1 is 1.28 bits per heavy atom. The topological polar surface area (TPSA) is 66.7 Å². The van der Waals surface area contributed by atoms with Crippen LogP contribution in [-0.2, 0) is 0 Å². The average molecular weight is 365 g/mol. The molecule has 138 valence electrons. The molecule has 0 radical (unpaired) electrons. The number of hydrogen-bond acceptors (Lipinski definition) is 5. The van der Waals surface area contributed by atoms with E-state index in [1.165, 1.54) is 17.8 Å². The Balaban J connectivity index is 2.09. The molecular formula is C18H27N3O3S. The minimum atomic E-state index is -0.385. The van der Waals surface area contributed by atoms with Crippen LogP contribution in [0.3, 0.4) is 0 Å². The molecule has 0 saturated carbocycles. The van der Waals surface area contributed by atoms with Crippen LogP contribution in [0, 0.1) is 16.0 Å². The van der Waals surface area contributed by atoms with Crippen molar-refractivity contribution in [3.63, 3.8) is 0 Å². The summed E-state index contributed by atoms with van der Waals surface area (Å²) in [7, 11) is 0. The fourth-order valence-corrected chi connectivity index (χ4v) is 4.02. The first kappa shape index (κ1) is 19.7. The van der Waals surface area contributed by atoms with Crippen molar-refractivity contribution >= 4 is 23.4 Å². The van der Waals surface area contributed by atoms with Crippen LogP contribution in [0.2, 0.25) is 0 Å². The number of amides is 1. The molecule has 0 atom stereocenters. The Bertz CT molecular complexity index is 614. The summed E-state index contributed by atoms with van der Waals surface area (Å²) in [6.45, 7) is 10.4. The number of benzene rings is 1. The van der Waals surface area contributed by atoms with E-state index in [1.54, 1.807) is 17.0 Å². The van der Waals surface area contributed by atoms with Crippen molar-refractivity contribution in [1.82, 2.24) is 9.80 Å². The highest BCUT2D eigenvalue weighted by Gasteiger charge is 2.24. The summed E-state index contributed by atoms with van der Waals surface area (Å²) < 4.78 is 0. The van der Waals surface area contributed by atoms with E-state index in [1.807, 2.05) is 0 Å². The van der Waals surface area contributed by atoms with E-state index in [2.05, 4.69) is 25.7 Å². The quantitative estimate of drug-likeness (QED) is 0.420. The summed E-state index contributed by atoms with van der Waals surface area (Å²) in [5.74, 6) is 1.29. The summed E-state index contributed by atoms with van der Waals surface area (Å²) in [5, 5.41) is 11.4. The van der Waals surface area contributed by atoms with Crippen molar-refractivity contribution in [2.75, 3.05) is 38.5 Å². The molecule has 1 fully saturated rings. The van der Waals surface area contributed by atoms with Crippen LogP contribution in [0.1, 0.15) is 37.6 Å². The van der Waals surface area contributed by atoms with Gasteiger partial charge in [0.2, 0.25) is 0 Å². The molecule has 2 rings (SSSR count). The fourth-order valence-electron chi connectivity index (χ4n) is 2.77. The van der Waals surface area contributed by atoms with Crippen LogP contribution in [-0.4, -0.2) is 59.1 Å². The second-order valence-corrected chi connectivity index (χ2v) is 7.83. The van der Waals surface area contributed by atoms with Crippen molar-refractivity contribution in [3.05, 3.63) is 33.9 Å². The van der Waals surface area contributed by atoms with Crippen molar-refractivity contribution < 1.29 is 9.72 Å². The molecule has 1 heterocycles. The number of nitro benzene ring substituents is 1. The second kappa shape index (κ2) is 9.20. The molecule has 1 saturated heterocycles. The molecule has 1 amide bonds. The first-order chi connectivity index (χ1) is 11.9. The maximum atomic E-state index is 12.7. The maximum Gasteiger partial charge on any atom is 0.283 e. The Labute approximate surface area is 153 Å². The zero-order valence-electron chi connectivity index (χ0n) is 15.2. The Kier molecular flexibility index (Phi) is 7.25. The fraction of sp³-hybridized carbons (Fsp3) is 0.611. The number of nitrogens with zero attached hydrogens (tertiary/aromatic N) is 3. The largest absolute Gasteiger partial charge is 0.336 e. The lowest BCUT2D eigenvalue weighted by molar-refractivity contribution is -0.387. The number of piperazine rings is 1. The minimum Gasteiger partial charge on any atom is -0.336 e. The van der Waals surface area contributed by atoms with E-state index < -0.39 is 0 Å². The first-order valence-electron chi connectivity index (χ1n) is 8.85. The molecule has 0 bridgehead atoms. The van der Waals surface area contributed by atoms with Gasteiger partial charge in [0.25, 0.3) is 11.6 Å². The van der Waals surface area contributed by atoms with Crippen molar-refractivity contribution in [1.29, 1.82) is 0 Å². The number of hydrogen-bond donors (Lipinski definition) is 0. The summed E-state index contributed by atoms with van der Waals surface area (Å²) in [5.41, 5.74) is 0.441. The van der Waals surface area contributed by atoms with Crippen molar-refractivity contribution in [3.8, 4) is 0 Å². The Morgan fingerprint density at radius 3 is 2.52 bits per heavy atom. The lowest BCUT2D eigenvalue weighted by Crippen LogP contribution is -2.48. The standard InChI is InChI=1S/C18H27N3O3S/c1-4-19-8-10-20(11-9-19)18(22)15-5-6-17(16(13-15)21(23)24)25-12-7-14(2)3/h5-6,13-14H,4,7-12H2,1-3H3. The van der Waals surface area contributed by atoms with Crippen LogP contribution >= 0.6 is 11.8 Å². The predicted octanol–water partition coefficient (Wildman–Crippen LogP) is 3.51. The highest BCUT2D eigenvalue weighted by molar-refractivity contribution is 7.99. The van der Waals surface area contributed by atoms with Gasteiger partial charge in [0.15, 0.2) is 0 Å². The SMILES string of the molecule is CCN1CCN(C(=O)c2ccc(SCCC(C)C)c([N+](=O)[O-])c2)CC1. The molecule has 1 aromatic rings. The van der Waals surface area contributed by atoms with Gasteiger partial charge in [-0.1, -0.05) is 20.8 Å². The smallest absolute Gasteiger partial charge is 0.283 e. The van der Waals surface area contributed by atoms with Gasteiger partial charge in [-0.05, 0) is 36.8 Å². The molecule has 7 heteroatoms. The molecule has 0 aliphatic carbocycles. The second-order valence-electron chi connectivity index (χ2n) is 6.70. The van der Waals surface area contributed by atoms with E-state index in [-0.39, 0.29) is 16.5 Å². The third-order valence-electron chi connectivity index (χ3n) is 4.46. The normalized spacial score (nSPS) is 15.6. The van der Waals surface area contributed by atoms with Gasteiger partial charge in [-0.3, -0.25) is 14.9 Å². The summed E-state index contributed by atoms with van der Waals surface area (Å²) >= 11 is 1.49. The van der Waals surface area contributed by atoms with Crippen LogP contribution in [0.15, 0.2) is 23.1 Å². The monoisotopic (exact) mass is 365 g/mol. The van der Waals surface area contributed by atoms with Gasteiger partial charge < -0.3 is 9.80 Å². The molecule has 6 nitrogen and oxygen atoms in total. The van der Waals surface area contributed by atoms with Gasteiger partial charge in [0, 0.05) is 37.8 Å². The van der Waals surface area contributed by atoms with Crippen LogP contribution in [0.25, 0.3) is 0 Å². The van der Waals surface area contributed by atoms with E-state index in [9.17, 15) is 14.9 Å². The van der Waals surface area contributed by atoms with E-state index >= 15 is 0 Å².